The second kappa shape index (κ2) is 7.40. The van der Waals surface area contributed by atoms with Crippen LogP contribution in [-0.4, -0.2) is 38.0 Å². The molecule has 7 nitrogen and oxygen atoms in total. The molecule has 0 aliphatic heterocycles. The number of benzene rings is 2. The molecular weight excluding hydrogens is 360 g/mol. The molecule has 2 aromatic carbocycles. The number of phenols is 1. The quantitative estimate of drug-likeness (QED) is 0.582. The molecule has 0 bridgehead atoms. The number of aryl methyl sites for hydroxylation is 1. The molecule has 3 rings (SSSR count). The Morgan fingerprint density at radius 2 is 1.57 bits per heavy atom. The number of hydrogen-bond acceptors (Lipinski definition) is 4. The number of aromatic carboxylic acids is 2. The van der Waals surface area contributed by atoms with Crippen LogP contribution in [0.15, 0.2) is 53.5 Å². The van der Waals surface area contributed by atoms with E-state index in [1.54, 1.807) is 35.0 Å². The van der Waals surface area contributed by atoms with E-state index >= 15 is 0 Å². The Hall–Kier alpha value is -3.87. The number of carbonyl (C=O) groups is 2. The number of para-hydroxylation sites is 2. The van der Waals surface area contributed by atoms with Crippen molar-refractivity contribution in [3.63, 3.8) is 0 Å². The van der Waals surface area contributed by atoms with Crippen LogP contribution >= 0.6 is 0 Å². The molecule has 1 aromatic heterocycles. The van der Waals surface area contributed by atoms with Gasteiger partial charge in [-0.05, 0) is 50.2 Å². The molecule has 28 heavy (non-hydrogen) atoms. The summed E-state index contributed by atoms with van der Waals surface area (Å²) in [5.41, 5.74) is 2.96. The molecule has 0 atom stereocenters. The van der Waals surface area contributed by atoms with E-state index in [1.807, 2.05) is 19.9 Å². The van der Waals surface area contributed by atoms with Gasteiger partial charge in [0.25, 0.3) is 0 Å². The average molecular weight is 378 g/mol. The third-order valence-corrected chi connectivity index (χ3v) is 4.36. The first-order chi connectivity index (χ1) is 13.3. The maximum absolute atomic E-state index is 11.4. The van der Waals surface area contributed by atoms with E-state index < -0.39 is 11.9 Å². The summed E-state index contributed by atoms with van der Waals surface area (Å²) in [6.07, 6.45) is 1.60. The zero-order valence-corrected chi connectivity index (χ0v) is 15.2. The van der Waals surface area contributed by atoms with E-state index in [0.29, 0.717) is 11.4 Å². The van der Waals surface area contributed by atoms with Crippen molar-refractivity contribution >= 4 is 23.8 Å². The number of aromatic hydroxyl groups is 1. The van der Waals surface area contributed by atoms with Crippen molar-refractivity contribution in [2.45, 2.75) is 13.8 Å². The van der Waals surface area contributed by atoms with E-state index in [2.05, 4.69) is 4.99 Å². The molecule has 3 N–H and O–H groups in total. The van der Waals surface area contributed by atoms with Crippen LogP contribution in [0.3, 0.4) is 0 Å². The molecule has 0 radical (unpaired) electrons. The van der Waals surface area contributed by atoms with Crippen molar-refractivity contribution < 1.29 is 24.9 Å². The van der Waals surface area contributed by atoms with Crippen molar-refractivity contribution in [1.29, 1.82) is 0 Å². The normalized spacial score (nSPS) is 11.1. The van der Waals surface area contributed by atoms with Crippen molar-refractivity contribution in [2.75, 3.05) is 0 Å². The third-order valence-electron chi connectivity index (χ3n) is 4.36. The van der Waals surface area contributed by atoms with Crippen LogP contribution in [0.2, 0.25) is 0 Å². The number of hydrogen-bond donors (Lipinski definition) is 3. The fourth-order valence-corrected chi connectivity index (χ4v) is 3.02. The highest BCUT2D eigenvalue weighted by atomic mass is 16.4. The summed E-state index contributed by atoms with van der Waals surface area (Å²) in [6, 6.07) is 12.5. The van der Waals surface area contributed by atoms with Crippen LogP contribution in [0.5, 0.6) is 5.75 Å². The minimum absolute atomic E-state index is 0.0628. The van der Waals surface area contributed by atoms with Gasteiger partial charge in [0, 0.05) is 28.9 Å². The number of phenolic OH excluding ortho intramolecular Hbond substituents is 1. The second-order valence-corrected chi connectivity index (χ2v) is 6.29. The summed E-state index contributed by atoms with van der Waals surface area (Å²) in [5, 5.41) is 28.4. The lowest BCUT2D eigenvalue weighted by molar-refractivity contribution is 0.0696. The summed E-state index contributed by atoms with van der Waals surface area (Å²) >= 11 is 0. The molecule has 0 saturated carbocycles. The van der Waals surface area contributed by atoms with Gasteiger partial charge in [0.05, 0.1) is 11.1 Å². The highest BCUT2D eigenvalue weighted by Crippen LogP contribution is 2.26. The average Bonchev–Trinajstić information content (AvgIpc) is 2.94. The van der Waals surface area contributed by atoms with E-state index in [-0.39, 0.29) is 16.9 Å². The summed E-state index contributed by atoms with van der Waals surface area (Å²) in [6.45, 7) is 3.66. The molecule has 3 aromatic rings. The Labute approximate surface area is 160 Å². The lowest BCUT2D eigenvalue weighted by Gasteiger charge is -2.12. The predicted octanol–water partition coefficient (Wildman–Crippen LogP) is 3.95. The largest absolute Gasteiger partial charge is 0.506 e. The van der Waals surface area contributed by atoms with Crippen LogP contribution in [0.4, 0.5) is 5.69 Å². The van der Waals surface area contributed by atoms with Gasteiger partial charge >= 0.3 is 11.9 Å². The predicted molar refractivity (Wildman–Crippen MR) is 105 cm³/mol. The van der Waals surface area contributed by atoms with Gasteiger partial charge < -0.3 is 19.9 Å². The van der Waals surface area contributed by atoms with E-state index in [0.717, 1.165) is 23.0 Å². The van der Waals surface area contributed by atoms with Gasteiger partial charge in [0.2, 0.25) is 0 Å². The number of carboxylic acids is 2. The highest BCUT2D eigenvalue weighted by Gasteiger charge is 2.16. The molecule has 0 amide bonds. The molecule has 0 aliphatic rings. The fraction of sp³-hybridized carbons (Fsp3) is 0.0952. The standard InChI is InChI=1S/C21H18N2O5/c1-12-7-16(11-22-18-5-3-4-6-19(18)24)13(2)23(12)17-9-14(20(25)26)8-15(10-17)21(27)28/h3-11,24H,1-2H3,(H,25,26)(H,27,28). The number of nitrogens with zero attached hydrogens (tertiary/aromatic N) is 2. The summed E-state index contributed by atoms with van der Waals surface area (Å²) in [4.78, 5) is 27.1. The molecule has 0 saturated heterocycles. The molecule has 1 heterocycles. The van der Waals surface area contributed by atoms with Crippen LogP contribution in [0.1, 0.15) is 37.7 Å². The minimum atomic E-state index is -1.20. The van der Waals surface area contributed by atoms with Crippen LogP contribution < -0.4 is 0 Å². The van der Waals surface area contributed by atoms with Crippen LogP contribution in [0.25, 0.3) is 5.69 Å². The van der Waals surface area contributed by atoms with Crippen LogP contribution in [-0.2, 0) is 0 Å². The maximum Gasteiger partial charge on any atom is 0.335 e. The summed E-state index contributed by atoms with van der Waals surface area (Å²) in [7, 11) is 0. The molecular formula is C21H18N2O5. The van der Waals surface area contributed by atoms with E-state index in [9.17, 15) is 24.9 Å². The SMILES string of the molecule is Cc1cc(C=Nc2ccccc2O)c(C)n1-c1cc(C(=O)O)cc(C(=O)O)c1. The van der Waals surface area contributed by atoms with Gasteiger partial charge in [-0.3, -0.25) is 4.99 Å². The number of carboxylic acid groups (broad SMARTS) is 2. The van der Waals surface area contributed by atoms with Crippen LogP contribution in [0, 0.1) is 13.8 Å². The topological polar surface area (TPSA) is 112 Å². The number of aromatic nitrogens is 1. The Morgan fingerprint density at radius 1 is 0.964 bits per heavy atom. The smallest absolute Gasteiger partial charge is 0.335 e. The van der Waals surface area contributed by atoms with Gasteiger partial charge in [0.15, 0.2) is 0 Å². The van der Waals surface area contributed by atoms with Crippen molar-refractivity contribution in [3.05, 3.63) is 76.6 Å². The van der Waals surface area contributed by atoms with E-state index in [4.69, 9.17) is 0 Å². The van der Waals surface area contributed by atoms with Crippen molar-refractivity contribution in [3.8, 4) is 11.4 Å². The first-order valence-corrected chi connectivity index (χ1v) is 8.41. The lowest BCUT2D eigenvalue weighted by Crippen LogP contribution is -2.07. The Kier molecular flexibility index (Phi) is 5.00. The fourth-order valence-electron chi connectivity index (χ4n) is 3.02. The lowest BCUT2D eigenvalue weighted by atomic mass is 10.1. The first kappa shape index (κ1) is 18.9. The molecule has 0 aliphatic carbocycles. The Morgan fingerprint density at radius 3 is 2.14 bits per heavy atom. The Bertz CT molecular complexity index is 1080. The molecule has 0 unspecified atom stereocenters. The monoisotopic (exact) mass is 378 g/mol. The number of rotatable bonds is 5. The minimum Gasteiger partial charge on any atom is -0.506 e. The molecule has 0 spiro atoms. The second-order valence-electron chi connectivity index (χ2n) is 6.29. The van der Waals surface area contributed by atoms with Gasteiger partial charge in [0.1, 0.15) is 11.4 Å². The van der Waals surface area contributed by atoms with Gasteiger partial charge in [-0.2, -0.15) is 0 Å². The van der Waals surface area contributed by atoms with Crippen molar-refractivity contribution in [2.24, 2.45) is 4.99 Å². The highest BCUT2D eigenvalue weighted by molar-refractivity contribution is 5.95. The van der Waals surface area contributed by atoms with E-state index in [1.165, 1.54) is 12.1 Å². The summed E-state index contributed by atoms with van der Waals surface area (Å²) < 4.78 is 1.77. The summed E-state index contributed by atoms with van der Waals surface area (Å²) in [5.74, 6) is -2.34. The zero-order chi connectivity index (χ0) is 20.4. The number of aliphatic imine (C=N–C) groups is 1. The maximum atomic E-state index is 11.4. The van der Waals surface area contributed by atoms with Gasteiger partial charge in [-0.15, -0.1) is 0 Å². The third kappa shape index (κ3) is 3.64. The molecule has 142 valence electrons. The van der Waals surface area contributed by atoms with Crippen molar-refractivity contribution in [1.82, 2.24) is 4.57 Å². The zero-order valence-electron chi connectivity index (χ0n) is 15.2. The van der Waals surface area contributed by atoms with Gasteiger partial charge in [-0.25, -0.2) is 9.59 Å². The Balaban J connectivity index is 2.09. The molecule has 7 heteroatoms. The molecule has 0 fully saturated rings. The van der Waals surface area contributed by atoms with Gasteiger partial charge in [-0.1, -0.05) is 12.1 Å². The first-order valence-electron chi connectivity index (χ1n) is 8.41.